The van der Waals surface area contributed by atoms with Crippen LogP contribution in [0.1, 0.15) is 5.56 Å². The molecule has 1 rings (SSSR count). The molecule has 1 aromatic carbocycles. The summed E-state index contributed by atoms with van der Waals surface area (Å²) in [5.74, 6) is 0. The highest BCUT2D eigenvalue weighted by Gasteiger charge is 1.92. The molecule has 0 bridgehead atoms. The predicted molar refractivity (Wildman–Crippen MR) is 52.9 cm³/mol. The minimum absolute atomic E-state index is 1.16. The first-order chi connectivity index (χ1) is 4.84. The highest BCUT2D eigenvalue weighted by Crippen LogP contribution is 1.97. The lowest BCUT2D eigenvalue weighted by atomic mass is 9.90. The van der Waals surface area contributed by atoms with Crippen molar-refractivity contribution in [2.45, 2.75) is 6.42 Å². The zero-order valence-corrected chi connectivity index (χ0v) is 7.46. The van der Waals surface area contributed by atoms with Crippen LogP contribution in [0.5, 0.6) is 0 Å². The minimum Gasteiger partial charge on any atom is -0.137 e. The molecule has 0 N–H and O–H groups in total. The Morgan fingerprint density at radius 1 is 1.30 bits per heavy atom. The molecule has 0 amide bonds. The van der Waals surface area contributed by atoms with E-state index in [1.54, 1.807) is 0 Å². The molecule has 0 fully saturated rings. The van der Waals surface area contributed by atoms with Gasteiger partial charge in [0.15, 0.2) is 0 Å². The molecule has 0 saturated heterocycles. The Kier molecular flexibility index (Phi) is 2.95. The molecule has 0 radical (unpaired) electrons. The van der Waals surface area contributed by atoms with Crippen molar-refractivity contribution in [3.05, 3.63) is 29.8 Å². The lowest BCUT2D eigenvalue weighted by molar-refractivity contribution is 1.17. The minimum atomic E-state index is 1.16. The van der Waals surface area contributed by atoms with Crippen LogP contribution in [0.4, 0.5) is 0 Å². The summed E-state index contributed by atoms with van der Waals surface area (Å²) in [6.07, 6.45) is 2.34. The molecular weight excluding hydrogens is 138 g/mol. The molecule has 10 heavy (non-hydrogen) atoms. The molecule has 1 unspecified atom stereocenters. The zero-order chi connectivity index (χ0) is 7.40. The maximum absolute atomic E-state index is 2.75. The second-order valence-electron chi connectivity index (χ2n) is 2.47. The normalized spacial score (nSPS) is 9.70. The number of aryl methyl sites for hydroxylation is 1. The van der Waals surface area contributed by atoms with Gasteiger partial charge in [-0.2, -0.15) is 0 Å². The molecule has 0 heterocycles. The molecule has 0 aliphatic rings. The average molecular weight is 150 g/mol. The van der Waals surface area contributed by atoms with Crippen molar-refractivity contribution < 1.29 is 0 Å². The van der Waals surface area contributed by atoms with E-state index in [0.717, 1.165) is 6.16 Å². The van der Waals surface area contributed by atoms with E-state index in [0.29, 0.717) is 0 Å². The Morgan fingerprint density at radius 3 is 2.60 bits per heavy atom. The third-order valence-corrected chi connectivity index (χ3v) is 1.96. The topological polar surface area (TPSA) is 0 Å². The summed E-state index contributed by atoms with van der Waals surface area (Å²) in [6, 6.07) is 8.54. The van der Waals surface area contributed by atoms with Gasteiger partial charge >= 0.3 is 0 Å². The Hall–Kier alpha value is -0.285. The monoisotopic (exact) mass is 150 g/mol. The summed E-state index contributed by atoms with van der Waals surface area (Å²) in [6.45, 7) is 0. The maximum Gasteiger partial charge on any atom is 0.139 e. The molecule has 0 aliphatic heterocycles. The van der Waals surface area contributed by atoms with Crippen molar-refractivity contribution in [3.8, 4) is 0 Å². The van der Waals surface area contributed by atoms with E-state index in [9.17, 15) is 0 Å². The van der Waals surface area contributed by atoms with Crippen LogP contribution in [0.25, 0.3) is 0 Å². The van der Waals surface area contributed by atoms with E-state index >= 15 is 0 Å². The summed E-state index contributed by atoms with van der Waals surface area (Å²) >= 11 is 0. The molecule has 0 aromatic heterocycles. The van der Waals surface area contributed by atoms with Crippen LogP contribution in [0.15, 0.2) is 24.3 Å². The lowest BCUT2D eigenvalue weighted by Crippen LogP contribution is -2.09. The van der Waals surface area contributed by atoms with Crippen molar-refractivity contribution in [1.82, 2.24) is 0 Å². The third-order valence-electron chi connectivity index (χ3n) is 1.67. The predicted octanol–water partition coefficient (Wildman–Crippen LogP) is 0.363. The van der Waals surface area contributed by atoms with Gasteiger partial charge < -0.3 is 0 Å². The van der Waals surface area contributed by atoms with Crippen molar-refractivity contribution in [3.63, 3.8) is 0 Å². The van der Waals surface area contributed by atoms with Gasteiger partial charge in [0, 0.05) is 0 Å². The van der Waals surface area contributed by atoms with Gasteiger partial charge in [-0.05, 0) is 12.6 Å². The first-order valence-corrected chi connectivity index (χ1v) is 4.41. The highest BCUT2D eigenvalue weighted by atomic mass is 31.0. The van der Waals surface area contributed by atoms with Gasteiger partial charge in [0.25, 0.3) is 0 Å². The summed E-state index contributed by atoms with van der Waals surface area (Å²) in [5.41, 5.74) is 2.88. The molecular formula is C8H12BP. The molecule has 0 aliphatic carbocycles. The number of hydrogen-bond donors (Lipinski definition) is 0. The van der Waals surface area contributed by atoms with Crippen LogP contribution < -0.4 is 5.46 Å². The third kappa shape index (κ3) is 1.85. The van der Waals surface area contributed by atoms with Gasteiger partial charge in [-0.1, -0.05) is 35.3 Å². The van der Waals surface area contributed by atoms with Gasteiger partial charge in [0.05, 0.1) is 0 Å². The smallest absolute Gasteiger partial charge is 0.137 e. The van der Waals surface area contributed by atoms with E-state index in [4.69, 9.17) is 0 Å². The van der Waals surface area contributed by atoms with E-state index in [2.05, 4.69) is 41.4 Å². The van der Waals surface area contributed by atoms with E-state index in [-0.39, 0.29) is 0 Å². The van der Waals surface area contributed by atoms with E-state index in [1.807, 2.05) is 0 Å². The Bertz CT molecular complexity index is 210. The molecule has 52 valence electrons. The lowest BCUT2D eigenvalue weighted by Gasteiger charge is -2.01. The van der Waals surface area contributed by atoms with Crippen molar-refractivity contribution in [2.24, 2.45) is 0 Å². The van der Waals surface area contributed by atoms with Crippen LogP contribution >= 0.6 is 9.24 Å². The summed E-state index contributed by atoms with van der Waals surface area (Å²) < 4.78 is 0. The summed E-state index contributed by atoms with van der Waals surface area (Å²) in [5, 5.41) is 0. The zero-order valence-electron chi connectivity index (χ0n) is 6.30. The maximum atomic E-state index is 2.75. The van der Waals surface area contributed by atoms with Crippen molar-refractivity contribution in [1.29, 1.82) is 0 Å². The molecule has 0 spiro atoms. The average Bonchev–Trinajstić information content (AvgIpc) is 1.94. The Labute approximate surface area is 65.6 Å². The first kappa shape index (κ1) is 7.82. The van der Waals surface area contributed by atoms with Crippen molar-refractivity contribution >= 4 is 22.5 Å². The van der Waals surface area contributed by atoms with Crippen LogP contribution in [0.3, 0.4) is 0 Å². The second kappa shape index (κ2) is 3.78. The van der Waals surface area contributed by atoms with Crippen molar-refractivity contribution in [2.75, 3.05) is 6.16 Å². The van der Waals surface area contributed by atoms with Crippen LogP contribution in [0, 0.1) is 0 Å². The van der Waals surface area contributed by atoms with Crippen LogP contribution in [-0.2, 0) is 6.42 Å². The molecule has 1 atom stereocenters. The quantitative estimate of drug-likeness (QED) is 0.421. The fourth-order valence-electron chi connectivity index (χ4n) is 1.05. The van der Waals surface area contributed by atoms with Gasteiger partial charge in [0.2, 0.25) is 0 Å². The highest BCUT2D eigenvalue weighted by molar-refractivity contribution is 7.16. The van der Waals surface area contributed by atoms with Gasteiger partial charge in [-0.15, -0.1) is 9.24 Å². The van der Waals surface area contributed by atoms with E-state index < -0.39 is 0 Å². The fourth-order valence-corrected chi connectivity index (χ4v) is 1.36. The molecule has 0 nitrogen and oxygen atoms in total. The Morgan fingerprint density at radius 2 is 2.00 bits per heavy atom. The van der Waals surface area contributed by atoms with Crippen LogP contribution in [-0.4, -0.2) is 14.0 Å². The fraction of sp³-hybridized carbons (Fsp3) is 0.250. The van der Waals surface area contributed by atoms with Gasteiger partial charge in [0.1, 0.15) is 7.85 Å². The van der Waals surface area contributed by atoms with Gasteiger partial charge in [-0.25, -0.2) is 0 Å². The number of hydrogen-bond acceptors (Lipinski definition) is 0. The van der Waals surface area contributed by atoms with Gasteiger partial charge in [-0.3, -0.25) is 0 Å². The SMILES string of the molecule is Bc1ccccc1CCP. The summed E-state index contributed by atoms with van der Waals surface area (Å²) in [4.78, 5) is 0. The van der Waals surface area contributed by atoms with Crippen LogP contribution in [0.2, 0.25) is 0 Å². The van der Waals surface area contributed by atoms with E-state index in [1.165, 1.54) is 17.4 Å². The molecule has 1 aromatic rings. The first-order valence-electron chi connectivity index (χ1n) is 3.59. The molecule has 0 saturated carbocycles. The Balaban J connectivity index is 2.81. The second-order valence-corrected chi connectivity index (χ2v) is 3.04. The number of rotatable bonds is 2. The standard InChI is InChI=1S/C8H12BP/c9-8-4-2-1-3-7(8)5-6-10/h1-4H,5-6,9-10H2. The summed E-state index contributed by atoms with van der Waals surface area (Å²) in [7, 11) is 4.91. The number of benzene rings is 1. The largest absolute Gasteiger partial charge is 0.139 e. The molecule has 2 heteroatoms.